The van der Waals surface area contributed by atoms with Crippen molar-refractivity contribution in [2.45, 2.75) is 13.3 Å². The Morgan fingerprint density at radius 1 is 1.67 bits per heavy atom. The molecule has 0 spiro atoms. The Hall–Kier alpha value is -1.56. The van der Waals surface area contributed by atoms with Crippen molar-refractivity contribution >= 4 is 0 Å². The molecule has 1 heterocycles. The number of ether oxygens (including phenoxy) is 1. The molecule has 0 saturated heterocycles. The second-order valence-corrected chi connectivity index (χ2v) is 2.50. The molecular formula is C9H10N2O. The highest BCUT2D eigenvalue weighted by molar-refractivity contribution is 5.29. The maximum absolute atomic E-state index is 8.43. The van der Waals surface area contributed by atoms with Crippen LogP contribution in [0.15, 0.2) is 12.3 Å². The highest BCUT2D eigenvalue weighted by Gasteiger charge is 2.00. The topological polar surface area (TPSA) is 45.9 Å². The Morgan fingerprint density at radius 3 is 2.92 bits per heavy atom. The van der Waals surface area contributed by atoms with Gasteiger partial charge >= 0.3 is 0 Å². The van der Waals surface area contributed by atoms with Gasteiger partial charge in [0.1, 0.15) is 0 Å². The van der Waals surface area contributed by atoms with Crippen LogP contribution in [0, 0.1) is 18.3 Å². The zero-order valence-corrected chi connectivity index (χ0v) is 7.16. The second-order valence-electron chi connectivity index (χ2n) is 2.50. The van der Waals surface area contributed by atoms with E-state index in [0.29, 0.717) is 12.3 Å². The fourth-order valence-electron chi connectivity index (χ4n) is 1.02. The molecule has 0 aliphatic heterocycles. The number of nitrogens with zero attached hydrogens (tertiary/aromatic N) is 2. The minimum absolute atomic E-state index is 0.401. The average molecular weight is 162 g/mol. The highest BCUT2D eigenvalue weighted by atomic mass is 16.5. The summed E-state index contributed by atoms with van der Waals surface area (Å²) in [4.78, 5) is 4.04. The van der Waals surface area contributed by atoms with E-state index in [1.165, 1.54) is 0 Å². The smallest absolute Gasteiger partial charge is 0.215 e. The summed E-state index contributed by atoms with van der Waals surface area (Å²) in [5.41, 5.74) is 1.89. The Bertz CT molecular complexity index is 315. The summed E-state index contributed by atoms with van der Waals surface area (Å²) in [5.74, 6) is 0.622. The van der Waals surface area contributed by atoms with Gasteiger partial charge in [-0.25, -0.2) is 4.98 Å². The van der Waals surface area contributed by atoms with Crippen LogP contribution in [-0.2, 0) is 6.42 Å². The Morgan fingerprint density at radius 2 is 2.42 bits per heavy atom. The van der Waals surface area contributed by atoms with Gasteiger partial charge in [0.15, 0.2) is 0 Å². The van der Waals surface area contributed by atoms with Gasteiger partial charge in [0, 0.05) is 11.8 Å². The number of hydrogen-bond acceptors (Lipinski definition) is 3. The zero-order valence-electron chi connectivity index (χ0n) is 7.16. The Balaban J connectivity index is 2.95. The molecule has 1 rings (SSSR count). The van der Waals surface area contributed by atoms with Gasteiger partial charge in [-0.05, 0) is 18.6 Å². The van der Waals surface area contributed by atoms with Crippen molar-refractivity contribution in [2.75, 3.05) is 7.11 Å². The molecule has 0 saturated carbocycles. The van der Waals surface area contributed by atoms with Crippen LogP contribution >= 0.6 is 0 Å². The van der Waals surface area contributed by atoms with Crippen molar-refractivity contribution in [3.63, 3.8) is 0 Å². The first kappa shape index (κ1) is 8.54. The van der Waals surface area contributed by atoms with E-state index in [-0.39, 0.29) is 0 Å². The Labute approximate surface area is 71.6 Å². The Kier molecular flexibility index (Phi) is 2.65. The molecule has 0 bridgehead atoms. The molecule has 0 aromatic carbocycles. The predicted octanol–water partition coefficient (Wildman–Crippen LogP) is 1.46. The van der Waals surface area contributed by atoms with Gasteiger partial charge in [0.05, 0.1) is 19.6 Å². The van der Waals surface area contributed by atoms with E-state index in [1.807, 2.05) is 13.0 Å². The van der Waals surface area contributed by atoms with E-state index in [2.05, 4.69) is 11.1 Å². The summed E-state index contributed by atoms with van der Waals surface area (Å²) in [6.45, 7) is 1.91. The SMILES string of the molecule is COc1ncc(CC#N)cc1C. The number of aryl methyl sites for hydroxylation is 1. The van der Waals surface area contributed by atoms with E-state index >= 15 is 0 Å². The third-order valence-electron chi connectivity index (χ3n) is 1.56. The van der Waals surface area contributed by atoms with E-state index in [0.717, 1.165) is 11.1 Å². The molecule has 1 aromatic rings. The molecule has 0 N–H and O–H groups in total. The van der Waals surface area contributed by atoms with Crippen LogP contribution in [0.5, 0.6) is 5.88 Å². The lowest BCUT2D eigenvalue weighted by Gasteiger charge is -2.03. The third-order valence-corrected chi connectivity index (χ3v) is 1.56. The van der Waals surface area contributed by atoms with E-state index in [4.69, 9.17) is 10.00 Å². The van der Waals surface area contributed by atoms with Gasteiger partial charge in [-0.2, -0.15) is 5.26 Å². The quantitative estimate of drug-likeness (QED) is 0.661. The molecule has 0 radical (unpaired) electrons. The summed E-state index contributed by atoms with van der Waals surface area (Å²) >= 11 is 0. The number of hydrogen-bond donors (Lipinski definition) is 0. The number of methoxy groups -OCH3 is 1. The van der Waals surface area contributed by atoms with Crippen LogP contribution in [0.1, 0.15) is 11.1 Å². The molecular weight excluding hydrogens is 152 g/mol. The monoisotopic (exact) mass is 162 g/mol. The number of rotatable bonds is 2. The summed E-state index contributed by atoms with van der Waals surface area (Å²) in [6, 6.07) is 3.98. The lowest BCUT2D eigenvalue weighted by molar-refractivity contribution is 0.394. The lowest BCUT2D eigenvalue weighted by atomic mass is 10.2. The fraction of sp³-hybridized carbons (Fsp3) is 0.333. The maximum Gasteiger partial charge on any atom is 0.215 e. The van der Waals surface area contributed by atoms with Crippen LogP contribution in [0.2, 0.25) is 0 Å². The molecule has 0 atom stereocenters. The summed E-state index contributed by atoms with van der Waals surface area (Å²) in [5, 5.41) is 8.43. The van der Waals surface area contributed by atoms with E-state index < -0.39 is 0 Å². The van der Waals surface area contributed by atoms with Crippen LogP contribution in [0.3, 0.4) is 0 Å². The van der Waals surface area contributed by atoms with Crippen molar-refractivity contribution in [1.82, 2.24) is 4.98 Å². The van der Waals surface area contributed by atoms with E-state index in [9.17, 15) is 0 Å². The summed E-state index contributed by atoms with van der Waals surface area (Å²) in [6.07, 6.45) is 2.06. The fourth-order valence-corrected chi connectivity index (χ4v) is 1.02. The third kappa shape index (κ3) is 1.73. The molecule has 12 heavy (non-hydrogen) atoms. The minimum Gasteiger partial charge on any atom is -0.481 e. The van der Waals surface area contributed by atoms with Gasteiger partial charge < -0.3 is 4.74 Å². The van der Waals surface area contributed by atoms with Gasteiger partial charge in [0.25, 0.3) is 0 Å². The van der Waals surface area contributed by atoms with Crippen molar-refractivity contribution in [2.24, 2.45) is 0 Å². The second kappa shape index (κ2) is 3.72. The number of nitriles is 1. The van der Waals surface area contributed by atoms with Crippen LogP contribution in [-0.4, -0.2) is 12.1 Å². The lowest BCUT2D eigenvalue weighted by Crippen LogP contribution is -1.93. The zero-order chi connectivity index (χ0) is 8.97. The minimum atomic E-state index is 0.401. The maximum atomic E-state index is 8.43. The molecule has 1 aromatic heterocycles. The molecule has 3 nitrogen and oxygen atoms in total. The van der Waals surface area contributed by atoms with Crippen molar-refractivity contribution in [3.05, 3.63) is 23.4 Å². The standard InChI is InChI=1S/C9H10N2O/c1-7-5-8(3-4-10)6-11-9(7)12-2/h5-6H,3H2,1-2H3. The number of aromatic nitrogens is 1. The van der Waals surface area contributed by atoms with E-state index in [1.54, 1.807) is 13.3 Å². The average Bonchev–Trinajstić information content (AvgIpc) is 2.05. The van der Waals surface area contributed by atoms with Gasteiger partial charge in [-0.15, -0.1) is 0 Å². The number of pyridine rings is 1. The molecule has 3 heteroatoms. The largest absolute Gasteiger partial charge is 0.481 e. The van der Waals surface area contributed by atoms with Crippen LogP contribution < -0.4 is 4.74 Å². The van der Waals surface area contributed by atoms with Gasteiger partial charge in [-0.1, -0.05) is 0 Å². The normalized spacial score (nSPS) is 9.08. The first-order valence-electron chi connectivity index (χ1n) is 3.64. The molecule has 62 valence electrons. The van der Waals surface area contributed by atoms with Gasteiger partial charge in [-0.3, -0.25) is 0 Å². The van der Waals surface area contributed by atoms with Crippen LogP contribution in [0.4, 0.5) is 0 Å². The predicted molar refractivity (Wildman–Crippen MR) is 44.8 cm³/mol. The molecule has 0 unspecified atom stereocenters. The first-order valence-corrected chi connectivity index (χ1v) is 3.64. The highest BCUT2D eigenvalue weighted by Crippen LogP contribution is 2.14. The summed E-state index contributed by atoms with van der Waals surface area (Å²) in [7, 11) is 1.58. The molecule has 0 fully saturated rings. The van der Waals surface area contributed by atoms with Crippen molar-refractivity contribution in [3.8, 4) is 11.9 Å². The first-order chi connectivity index (χ1) is 5.77. The van der Waals surface area contributed by atoms with Crippen LogP contribution in [0.25, 0.3) is 0 Å². The molecule has 0 amide bonds. The van der Waals surface area contributed by atoms with Gasteiger partial charge in [0.2, 0.25) is 5.88 Å². The van der Waals surface area contributed by atoms with Crippen molar-refractivity contribution < 1.29 is 4.74 Å². The molecule has 0 aliphatic carbocycles. The molecule has 0 aliphatic rings. The summed E-state index contributed by atoms with van der Waals surface area (Å²) < 4.78 is 4.98. The van der Waals surface area contributed by atoms with Crippen molar-refractivity contribution in [1.29, 1.82) is 5.26 Å².